The Hall–Kier alpha value is -0.650. The Morgan fingerprint density at radius 3 is 2.88 bits per heavy atom. The highest BCUT2D eigenvalue weighted by molar-refractivity contribution is 5.75. The van der Waals surface area contributed by atoms with Crippen LogP contribution in [0.1, 0.15) is 20.3 Å². The maximum absolute atomic E-state index is 11.5. The third-order valence-corrected chi connectivity index (χ3v) is 2.46. The minimum atomic E-state index is -0.245. The molecular weight excluding hydrogens is 210 g/mol. The summed E-state index contributed by atoms with van der Waals surface area (Å²) >= 11 is 0. The van der Waals surface area contributed by atoms with E-state index < -0.39 is 0 Å². The highest BCUT2D eigenvalue weighted by Gasteiger charge is 2.20. The highest BCUT2D eigenvalue weighted by atomic mass is 16.6. The van der Waals surface area contributed by atoms with Crippen molar-refractivity contribution in [2.75, 3.05) is 33.0 Å². The van der Waals surface area contributed by atoms with Crippen LogP contribution in [0, 0.1) is 0 Å². The monoisotopic (exact) mass is 231 g/mol. The molecule has 0 aliphatic carbocycles. The molecule has 0 aromatic carbocycles. The number of ether oxygens (including phenoxy) is 3. The van der Waals surface area contributed by atoms with E-state index in [-0.39, 0.29) is 18.1 Å². The SMILES string of the molecule is CCOC(=O)C(CC)NCC1COCCO1. The maximum atomic E-state index is 11.5. The molecule has 1 rings (SSSR count). The second kappa shape index (κ2) is 7.60. The van der Waals surface area contributed by atoms with E-state index in [1.54, 1.807) is 0 Å². The van der Waals surface area contributed by atoms with Gasteiger partial charge < -0.3 is 19.5 Å². The molecule has 94 valence electrons. The number of hydrogen-bond acceptors (Lipinski definition) is 5. The summed E-state index contributed by atoms with van der Waals surface area (Å²) in [6.45, 7) is 6.67. The van der Waals surface area contributed by atoms with Gasteiger partial charge in [-0.15, -0.1) is 0 Å². The van der Waals surface area contributed by atoms with Crippen molar-refractivity contribution >= 4 is 5.97 Å². The molecule has 1 saturated heterocycles. The zero-order valence-corrected chi connectivity index (χ0v) is 10.0. The van der Waals surface area contributed by atoms with E-state index >= 15 is 0 Å². The first-order valence-electron chi connectivity index (χ1n) is 5.87. The molecular formula is C11H21NO4. The van der Waals surface area contributed by atoms with Gasteiger partial charge in [0, 0.05) is 6.54 Å². The molecule has 1 heterocycles. The van der Waals surface area contributed by atoms with Gasteiger partial charge in [-0.25, -0.2) is 0 Å². The summed E-state index contributed by atoms with van der Waals surface area (Å²) in [4.78, 5) is 11.5. The highest BCUT2D eigenvalue weighted by Crippen LogP contribution is 2.01. The quantitative estimate of drug-likeness (QED) is 0.668. The van der Waals surface area contributed by atoms with Gasteiger partial charge in [-0.05, 0) is 13.3 Å². The molecule has 0 aromatic heterocycles. The van der Waals surface area contributed by atoms with E-state index in [1.807, 2.05) is 13.8 Å². The number of esters is 1. The Morgan fingerprint density at radius 2 is 2.31 bits per heavy atom. The lowest BCUT2D eigenvalue weighted by Gasteiger charge is -2.25. The van der Waals surface area contributed by atoms with Crippen molar-refractivity contribution in [2.45, 2.75) is 32.4 Å². The lowest BCUT2D eigenvalue weighted by molar-refractivity contribution is -0.146. The Morgan fingerprint density at radius 1 is 1.50 bits per heavy atom. The fourth-order valence-corrected chi connectivity index (χ4v) is 1.57. The summed E-state index contributed by atoms with van der Waals surface area (Å²) in [7, 11) is 0. The van der Waals surface area contributed by atoms with Gasteiger partial charge in [0.2, 0.25) is 0 Å². The number of rotatable bonds is 6. The largest absolute Gasteiger partial charge is 0.465 e. The van der Waals surface area contributed by atoms with E-state index in [9.17, 15) is 4.79 Å². The molecule has 1 aliphatic rings. The standard InChI is InChI=1S/C11H21NO4/c1-3-10(11(13)15-4-2)12-7-9-8-14-5-6-16-9/h9-10,12H,3-8H2,1-2H3. The number of carbonyl (C=O) groups is 1. The molecule has 2 atom stereocenters. The lowest BCUT2D eigenvalue weighted by atomic mass is 10.2. The van der Waals surface area contributed by atoms with Crippen molar-refractivity contribution in [3.8, 4) is 0 Å². The van der Waals surface area contributed by atoms with Crippen molar-refractivity contribution in [3.63, 3.8) is 0 Å². The first-order valence-corrected chi connectivity index (χ1v) is 5.87. The molecule has 16 heavy (non-hydrogen) atoms. The summed E-state index contributed by atoms with van der Waals surface area (Å²) < 4.78 is 15.7. The fraction of sp³-hybridized carbons (Fsp3) is 0.909. The third kappa shape index (κ3) is 4.47. The van der Waals surface area contributed by atoms with Gasteiger partial charge in [-0.1, -0.05) is 6.92 Å². The van der Waals surface area contributed by atoms with E-state index in [4.69, 9.17) is 14.2 Å². The van der Waals surface area contributed by atoms with Gasteiger partial charge in [0.25, 0.3) is 0 Å². The van der Waals surface area contributed by atoms with Crippen molar-refractivity contribution < 1.29 is 19.0 Å². The van der Waals surface area contributed by atoms with E-state index in [1.165, 1.54) is 0 Å². The normalized spacial score (nSPS) is 22.8. The second-order valence-electron chi connectivity index (χ2n) is 3.69. The first-order chi connectivity index (χ1) is 7.77. The molecule has 1 aliphatic heterocycles. The number of nitrogens with one attached hydrogen (secondary N) is 1. The van der Waals surface area contributed by atoms with Crippen LogP contribution in [0.2, 0.25) is 0 Å². The van der Waals surface area contributed by atoms with Crippen LogP contribution in [-0.2, 0) is 19.0 Å². The van der Waals surface area contributed by atoms with Crippen LogP contribution < -0.4 is 5.32 Å². The van der Waals surface area contributed by atoms with E-state index in [0.717, 1.165) is 0 Å². The van der Waals surface area contributed by atoms with Gasteiger partial charge in [0.15, 0.2) is 0 Å². The average molecular weight is 231 g/mol. The topological polar surface area (TPSA) is 56.8 Å². The van der Waals surface area contributed by atoms with Crippen molar-refractivity contribution in [1.82, 2.24) is 5.32 Å². The third-order valence-electron chi connectivity index (χ3n) is 2.46. The Bertz CT molecular complexity index is 204. The van der Waals surface area contributed by atoms with Crippen LogP contribution in [0.4, 0.5) is 0 Å². The molecule has 0 radical (unpaired) electrons. The summed E-state index contributed by atoms with van der Waals surface area (Å²) in [6, 6.07) is -0.245. The Balaban J connectivity index is 2.24. The predicted octanol–water partition coefficient (Wildman–Crippen LogP) is 0.333. The zero-order chi connectivity index (χ0) is 11.8. The van der Waals surface area contributed by atoms with Crippen molar-refractivity contribution in [3.05, 3.63) is 0 Å². The lowest BCUT2D eigenvalue weighted by Crippen LogP contribution is -2.45. The summed E-state index contributed by atoms with van der Waals surface area (Å²) in [5.41, 5.74) is 0. The van der Waals surface area contributed by atoms with Crippen LogP contribution in [0.3, 0.4) is 0 Å². The van der Waals surface area contributed by atoms with Gasteiger partial charge in [0.1, 0.15) is 6.04 Å². The molecule has 0 aromatic rings. The molecule has 0 bridgehead atoms. The smallest absolute Gasteiger partial charge is 0.323 e. The van der Waals surface area contributed by atoms with Crippen LogP contribution >= 0.6 is 0 Å². The van der Waals surface area contributed by atoms with Crippen molar-refractivity contribution in [2.24, 2.45) is 0 Å². The molecule has 2 unspecified atom stereocenters. The first kappa shape index (κ1) is 13.4. The van der Waals surface area contributed by atoms with E-state index in [0.29, 0.717) is 39.4 Å². The second-order valence-corrected chi connectivity index (χ2v) is 3.69. The Labute approximate surface area is 96.4 Å². The predicted molar refractivity (Wildman–Crippen MR) is 59.3 cm³/mol. The maximum Gasteiger partial charge on any atom is 0.323 e. The summed E-state index contributed by atoms with van der Waals surface area (Å²) in [5, 5.41) is 3.14. The van der Waals surface area contributed by atoms with Crippen LogP contribution in [0.15, 0.2) is 0 Å². The van der Waals surface area contributed by atoms with Crippen molar-refractivity contribution in [1.29, 1.82) is 0 Å². The molecule has 5 nitrogen and oxygen atoms in total. The fourth-order valence-electron chi connectivity index (χ4n) is 1.57. The molecule has 1 fully saturated rings. The minimum Gasteiger partial charge on any atom is -0.465 e. The minimum absolute atomic E-state index is 0.0391. The average Bonchev–Trinajstić information content (AvgIpc) is 2.31. The summed E-state index contributed by atoms with van der Waals surface area (Å²) in [6.07, 6.45) is 0.754. The number of carbonyl (C=O) groups excluding carboxylic acids is 1. The molecule has 0 saturated carbocycles. The molecule has 0 amide bonds. The van der Waals surface area contributed by atoms with Gasteiger partial charge in [-0.2, -0.15) is 0 Å². The Kier molecular flexibility index (Phi) is 6.37. The molecule has 0 spiro atoms. The van der Waals surface area contributed by atoms with Gasteiger partial charge >= 0.3 is 5.97 Å². The van der Waals surface area contributed by atoms with Crippen LogP contribution in [0.5, 0.6) is 0 Å². The van der Waals surface area contributed by atoms with Gasteiger partial charge in [0.05, 0.1) is 32.5 Å². The van der Waals surface area contributed by atoms with E-state index in [2.05, 4.69) is 5.32 Å². The summed E-state index contributed by atoms with van der Waals surface area (Å²) in [5.74, 6) is -0.193. The molecule has 1 N–H and O–H groups in total. The number of hydrogen-bond donors (Lipinski definition) is 1. The van der Waals surface area contributed by atoms with Gasteiger partial charge in [-0.3, -0.25) is 4.79 Å². The zero-order valence-electron chi connectivity index (χ0n) is 10.0. The van der Waals surface area contributed by atoms with Crippen LogP contribution in [0.25, 0.3) is 0 Å². The molecule has 5 heteroatoms. The van der Waals surface area contributed by atoms with Crippen LogP contribution in [-0.4, -0.2) is 51.1 Å².